The minimum Gasteiger partial charge on any atom is -0.469 e. The molecule has 3 aliphatic carbocycles. The summed E-state index contributed by atoms with van der Waals surface area (Å²) < 4.78 is 10.0. The number of hydrogen-bond donors (Lipinski definition) is 2. The molecule has 7 nitrogen and oxygen atoms in total. The average molecular weight is 423 g/mol. The van der Waals surface area contributed by atoms with Crippen LogP contribution in [0.5, 0.6) is 0 Å². The van der Waals surface area contributed by atoms with Crippen LogP contribution in [0.1, 0.15) is 53.4 Å². The maximum absolute atomic E-state index is 13.5. The molecule has 0 aromatic heterocycles. The van der Waals surface area contributed by atoms with Crippen LogP contribution in [0, 0.1) is 34.5 Å². The highest BCUT2D eigenvalue weighted by Crippen LogP contribution is 2.64. The molecule has 0 aromatic rings. The number of fused-ring (bicyclic) bond motifs is 3. The second kappa shape index (κ2) is 8.08. The average Bonchev–Trinajstić information content (AvgIpc) is 2.70. The van der Waals surface area contributed by atoms with Gasteiger partial charge in [-0.2, -0.15) is 0 Å². The van der Waals surface area contributed by atoms with Crippen molar-refractivity contribution in [1.29, 1.82) is 0 Å². The molecule has 30 heavy (non-hydrogen) atoms. The van der Waals surface area contributed by atoms with Gasteiger partial charge in [0.25, 0.3) is 0 Å². The fourth-order valence-corrected chi connectivity index (χ4v) is 6.76. The molecule has 8 atom stereocenters. The van der Waals surface area contributed by atoms with E-state index in [1.807, 2.05) is 13.8 Å². The Labute approximate surface area is 177 Å². The van der Waals surface area contributed by atoms with Crippen LogP contribution in [-0.2, 0) is 23.9 Å². The van der Waals surface area contributed by atoms with Gasteiger partial charge < -0.3 is 19.7 Å². The molecule has 3 fully saturated rings. The summed E-state index contributed by atoms with van der Waals surface area (Å²) in [6.07, 6.45) is 1.59. The molecule has 3 rings (SSSR count). The van der Waals surface area contributed by atoms with Crippen molar-refractivity contribution in [2.75, 3.05) is 13.7 Å². The summed E-state index contributed by atoms with van der Waals surface area (Å²) in [5.41, 5.74) is -1.06. The summed E-state index contributed by atoms with van der Waals surface area (Å²) >= 11 is 0. The first kappa shape index (κ1) is 22.9. The van der Waals surface area contributed by atoms with Crippen LogP contribution in [0.3, 0.4) is 0 Å². The van der Waals surface area contributed by atoms with E-state index in [1.54, 1.807) is 13.8 Å². The molecule has 0 heterocycles. The minimum absolute atomic E-state index is 0.0129. The third-order valence-electron chi connectivity index (χ3n) is 8.28. The molecule has 0 aliphatic heterocycles. The van der Waals surface area contributed by atoms with Gasteiger partial charge in [-0.1, -0.05) is 19.4 Å². The fourth-order valence-electron chi connectivity index (χ4n) is 6.76. The quantitative estimate of drug-likeness (QED) is 0.529. The lowest BCUT2D eigenvalue weighted by atomic mass is 9.41. The van der Waals surface area contributed by atoms with E-state index in [-0.39, 0.29) is 17.8 Å². The van der Waals surface area contributed by atoms with E-state index in [4.69, 9.17) is 9.47 Å². The predicted molar refractivity (Wildman–Crippen MR) is 108 cm³/mol. The van der Waals surface area contributed by atoms with Gasteiger partial charge >= 0.3 is 11.9 Å². The zero-order valence-electron chi connectivity index (χ0n) is 18.5. The van der Waals surface area contributed by atoms with Crippen LogP contribution in [-0.4, -0.2) is 53.9 Å². The van der Waals surface area contributed by atoms with Crippen LogP contribution in [0.15, 0.2) is 11.6 Å². The zero-order valence-corrected chi connectivity index (χ0v) is 18.5. The number of ether oxygens (including phenoxy) is 2. The zero-order chi connectivity index (χ0) is 22.4. The lowest BCUT2D eigenvalue weighted by Gasteiger charge is -2.62. The Morgan fingerprint density at radius 3 is 2.50 bits per heavy atom. The highest BCUT2D eigenvalue weighted by Gasteiger charge is 2.68. The Morgan fingerprint density at radius 1 is 1.23 bits per heavy atom. The normalized spacial score (nSPS) is 44.8. The van der Waals surface area contributed by atoms with E-state index in [9.17, 15) is 24.6 Å². The van der Waals surface area contributed by atoms with Crippen molar-refractivity contribution in [3.05, 3.63) is 11.6 Å². The molecule has 0 unspecified atom stereocenters. The van der Waals surface area contributed by atoms with E-state index in [1.165, 1.54) is 13.2 Å². The molecular formula is C23H34O7. The monoisotopic (exact) mass is 422 g/mol. The van der Waals surface area contributed by atoms with E-state index in [0.29, 0.717) is 32.3 Å². The molecule has 3 saturated carbocycles. The Bertz CT molecular complexity index is 759. The standard InChI is InChI=1S/C23H34O7/c1-6-30-16(25)11-13-7-8-14-17(12(13)2)18(26)19(27)20-22(14,3)10-9-15(24)23(20,4)21(28)29-5/h11-12,14-15,17-18,20,24,26H,6-10H2,1-5H3/t12-,14-,15-,17-,18+,20+,22+,23-/m0/s1. The van der Waals surface area contributed by atoms with Gasteiger partial charge in [0.2, 0.25) is 0 Å². The molecule has 0 bridgehead atoms. The summed E-state index contributed by atoms with van der Waals surface area (Å²) in [4.78, 5) is 38.2. The number of methoxy groups -OCH3 is 1. The number of aliphatic hydroxyl groups excluding tert-OH is 2. The summed E-state index contributed by atoms with van der Waals surface area (Å²) in [5.74, 6) is -2.77. The van der Waals surface area contributed by atoms with E-state index < -0.39 is 46.7 Å². The van der Waals surface area contributed by atoms with Gasteiger partial charge in [-0.25, -0.2) is 4.79 Å². The van der Waals surface area contributed by atoms with Crippen molar-refractivity contribution in [3.63, 3.8) is 0 Å². The summed E-state index contributed by atoms with van der Waals surface area (Å²) in [6.45, 7) is 7.59. The Morgan fingerprint density at radius 2 is 1.90 bits per heavy atom. The minimum atomic E-state index is -1.39. The van der Waals surface area contributed by atoms with Crippen LogP contribution in [0.2, 0.25) is 0 Å². The van der Waals surface area contributed by atoms with E-state index in [2.05, 4.69) is 0 Å². The summed E-state index contributed by atoms with van der Waals surface area (Å²) in [7, 11) is 1.26. The molecule has 0 aromatic carbocycles. The lowest BCUT2D eigenvalue weighted by Crippen LogP contribution is -2.68. The summed E-state index contributed by atoms with van der Waals surface area (Å²) in [5, 5.41) is 21.8. The number of ketones is 1. The first-order valence-electron chi connectivity index (χ1n) is 10.9. The van der Waals surface area contributed by atoms with E-state index >= 15 is 0 Å². The van der Waals surface area contributed by atoms with Crippen molar-refractivity contribution in [3.8, 4) is 0 Å². The molecule has 7 heteroatoms. The number of aliphatic hydroxyl groups is 2. The Balaban J connectivity index is 2.02. The first-order chi connectivity index (χ1) is 14.0. The second-order valence-corrected chi connectivity index (χ2v) is 9.60. The van der Waals surface area contributed by atoms with Gasteiger partial charge in [0, 0.05) is 17.9 Å². The largest absolute Gasteiger partial charge is 0.469 e. The maximum atomic E-state index is 13.5. The topological polar surface area (TPSA) is 110 Å². The highest BCUT2D eigenvalue weighted by molar-refractivity contribution is 5.94. The predicted octanol–water partition coefficient (Wildman–Crippen LogP) is 2.04. The number of esters is 2. The van der Waals surface area contributed by atoms with Crippen molar-refractivity contribution in [2.45, 2.75) is 65.6 Å². The number of carbonyl (C=O) groups excluding carboxylic acids is 3. The van der Waals surface area contributed by atoms with Crippen molar-refractivity contribution < 1.29 is 34.1 Å². The summed E-state index contributed by atoms with van der Waals surface area (Å²) in [6, 6.07) is 0. The molecule has 0 spiro atoms. The van der Waals surface area contributed by atoms with Crippen molar-refractivity contribution in [1.82, 2.24) is 0 Å². The van der Waals surface area contributed by atoms with Crippen LogP contribution in [0.4, 0.5) is 0 Å². The third-order valence-corrected chi connectivity index (χ3v) is 8.28. The first-order valence-corrected chi connectivity index (χ1v) is 10.9. The molecule has 0 saturated heterocycles. The maximum Gasteiger partial charge on any atom is 0.330 e. The van der Waals surface area contributed by atoms with Crippen LogP contribution < -0.4 is 0 Å². The molecular weight excluding hydrogens is 388 g/mol. The molecule has 0 radical (unpaired) electrons. The van der Waals surface area contributed by atoms with Crippen LogP contribution in [0.25, 0.3) is 0 Å². The molecule has 2 N–H and O–H groups in total. The van der Waals surface area contributed by atoms with Gasteiger partial charge in [-0.15, -0.1) is 0 Å². The van der Waals surface area contributed by atoms with E-state index in [0.717, 1.165) is 5.57 Å². The number of allylic oxidation sites excluding steroid dienone is 1. The van der Waals surface area contributed by atoms with Crippen molar-refractivity contribution in [2.24, 2.45) is 34.5 Å². The smallest absolute Gasteiger partial charge is 0.330 e. The Kier molecular flexibility index (Phi) is 6.18. The third kappa shape index (κ3) is 3.21. The van der Waals surface area contributed by atoms with Crippen molar-refractivity contribution >= 4 is 17.7 Å². The number of rotatable bonds is 3. The number of hydrogen-bond acceptors (Lipinski definition) is 7. The van der Waals surface area contributed by atoms with Gasteiger partial charge in [0.05, 0.1) is 19.8 Å². The highest BCUT2D eigenvalue weighted by atomic mass is 16.5. The number of carbonyl (C=O) groups is 3. The van der Waals surface area contributed by atoms with Gasteiger partial charge in [-0.05, 0) is 56.8 Å². The SMILES string of the molecule is CCOC(=O)C=C1CC[C@H]2[C@H]([C@H]1C)[C@@H](O)C(=O)[C@@H]1[C@]2(C)CC[C@H](O)[C@]1(C)C(=O)OC. The number of Topliss-reactive ketones (excluding diaryl/α,β-unsaturated/α-hetero) is 1. The lowest BCUT2D eigenvalue weighted by molar-refractivity contribution is -0.209. The van der Waals surface area contributed by atoms with Crippen LogP contribution >= 0.6 is 0 Å². The Hall–Kier alpha value is -1.73. The van der Waals surface area contributed by atoms with Gasteiger partial charge in [0.1, 0.15) is 11.5 Å². The van der Waals surface area contributed by atoms with Gasteiger partial charge in [0.15, 0.2) is 5.78 Å². The second-order valence-electron chi connectivity index (χ2n) is 9.60. The molecule has 0 amide bonds. The fraction of sp³-hybridized carbons (Fsp3) is 0.783. The molecule has 168 valence electrons. The molecule has 3 aliphatic rings. The van der Waals surface area contributed by atoms with Gasteiger partial charge in [-0.3, -0.25) is 9.59 Å².